The lowest BCUT2D eigenvalue weighted by molar-refractivity contribution is -0.125. The van der Waals surface area contributed by atoms with Crippen LogP contribution in [-0.4, -0.2) is 47.5 Å². The van der Waals surface area contributed by atoms with Crippen molar-refractivity contribution >= 4 is 11.7 Å². The van der Waals surface area contributed by atoms with Gasteiger partial charge in [0.2, 0.25) is 5.91 Å². The van der Waals surface area contributed by atoms with Gasteiger partial charge in [0.15, 0.2) is 0 Å². The second-order valence-corrected chi connectivity index (χ2v) is 5.47. The summed E-state index contributed by atoms with van der Waals surface area (Å²) < 4.78 is 7.10. The maximum atomic E-state index is 12.4. The van der Waals surface area contributed by atoms with Crippen molar-refractivity contribution in [2.45, 2.75) is 32.9 Å². The molecule has 0 aromatic carbocycles. The van der Waals surface area contributed by atoms with Crippen LogP contribution < -0.4 is 10.2 Å². The molecule has 0 spiro atoms. The molecule has 1 unspecified atom stereocenters. The highest BCUT2D eigenvalue weighted by atomic mass is 16.5. The molecule has 7 nitrogen and oxygen atoms in total. The molecule has 1 atom stereocenters. The highest BCUT2D eigenvalue weighted by molar-refractivity contribution is 5.86. The zero-order valence-electron chi connectivity index (χ0n) is 12.9. The summed E-state index contributed by atoms with van der Waals surface area (Å²) in [5.41, 5.74) is 1.19. The van der Waals surface area contributed by atoms with Crippen LogP contribution in [0.15, 0.2) is 0 Å². The molecular weight excluding hydrogens is 270 g/mol. The van der Waals surface area contributed by atoms with E-state index in [9.17, 15) is 10.1 Å². The smallest absolute Gasteiger partial charge is 0.245 e. The van der Waals surface area contributed by atoms with Crippen molar-refractivity contribution in [1.29, 1.82) is 5.26 Å². The molecule has 1 saturated heterocycles. The molecule has 1 aliphatic heterocycles. The molecule has 0 aliphatic carbocycles. The van der Waals surface area contributed by atoms with Gasteiger partial charge in [-0.1, -0.05) is 0 Å². The van der Waals surface area contributed by atoms with E-state index in [1.807, 2.05) is 18.7 Å². The third-order valence-corrected chi connectivity index (χ3v) is 3.44. The lowest BCUT2D eigenvalue weighted by Crippen LogP contribution is -2.55. The summed E-state index contributed by atoms with van der Waals surface area (Å²) in [5, 5.41) is 16.5. The van der Waals surface area contributed by atoms with Gasteiger partial charge in [-0.15, -0.1) is 0 Å². The third kappa shape index (κ3) is 3.00. The van der Waals surface area contributed by atoms with Crippen LogP contribution in [0.5, 0.6) is 0 Å². The molecule has 0 saturated carbocycles. The molecule has 21 heavy (non-hydrogen) atoms. The first-order valence-electron chi connectivity index (χ1n) is 7.04. The van der Waals surface area contributed by atoms with Crippen LogP contribution in [0.4, 0.5) is 5.82 Å². The fourth-order valence-corrected chi connectivity index (χ4v) is 2.56. The summed E-state index contributed by atoms with van der Waals surface area (Å²) in [6, 6.07) is 1.80. The van der Waals surface area contributed by atoms with Crippen LogP contribution in [0.1, 0.15) is 25.1 Å². The van der Waals surface area contributed by atoms with Crippen LogP contribution in [0.2, 0.25) is 0 Å². The van der Waals surface area contributed by atoms with E-state index in [0.29, 0.717) is 36.8 Å². The van der Waals surface area contributed by atoms with Gasteiger partial charge in [0.25, 0.3) is 0 Å². The second-order valence-electron chi connectivity index (χ2n) is 5.47. The molecule has 2 rings (SSSR count). The third-order valence-electron chi connectivity index (χ3n) is 3.44. The van der Waals surface area contributed by atoms with Crippen molar-refractivity contribution in [1.82, 2.24) is 15.1 Å². The van der Waals surface area contributed by atoms with Gasteiger partial charge in [0.05, 0.1) is 18.9 Å². The number of hydrogen-bond acceptors (Lipinski definition) is 5. The van der Waals surface area contributed by atoms with Crippen LogP contribution in [-0.2, 0) is 16.6 Å². The monoisotopic (exact) mass is 291 g/mol. The molecular formula is C14H21N5O2. The largest absolute Gasteiger partial charge is 0.377 e. The van der Waals surface area contributed by atoms with Gasteiger partial charge in [-0.05, 0) is 20.8 Å². The van der Waals surface area contributed by atoms with E-state index in [4.69, 9.17) is 4.74 Å². The standard InChI is InChI=1S/C14H21N5O2/c1-9(2)16-13(20)12-8-21-6-5-19(12)14-11(7-15)10(3)17-18(14)4/h9,12H,5-6,8H2,1-4H3,(H,16,20). The normalized spacial score (nSPS) is 18.7. The maximum absolute atomic E-state index is 12.4. The number of nitrogens with one attached hydrogen (secondary N) is 1. The highest BCUT2D eigenvalue weighted by Crippen LogP contribution is 2.25. The van der Waals surface area contributed by atoms with Gasteiger partial charge in [0.1, 0.15) is 23.5 Å². The quantitative estimate of drug-likeness (QED) is 0.867. The van der Waals surface area contributed by atoms with E-state index in [2.05, 4.69) is 16.5 Å². The Morgan fingerprint density at radius 1 is 1.57 bits per heavy atom. The van der Waals surface area contributed by atoms with Gasteiger partial charge in [-0.3, -0.25) is 9.48 Å². The SMILES string of the molecule is Cc1nn(C)c(N2CCOCC2C(=O)NC(C)C)c1C#N. The topological polar surface area (TPSA) is 83.2 Å². The fraction of sp³-hybridized carbons (Fsp3) is 0.643. The highest BCUT2D eigenvalue weighted by Gasteiger charge is 2.33. The number of carbonyl (C=O) groups excluding carboxylic acids is 1. The first-order valence-corrected chi connectivity index (χ1v) is 7.04. The van der Waals surface area contributed by atoms with Gasteiger partial charge < -0.3 is 15.0 Å². The lowest BCUT2D eigenvalue weighted by atomic mass is 10.1. The Hall–Kier alpha value is -2.07. The van der Waals surface area contributed by atoms with E-state index < -0.39 is 6.04 Å². The molecule has 0 radical (unpaired) electrons. The molecule has 1 amide bonds. The molecule has 1 N–H and O–H groups in total. The summed E-state index contributed by atoms with van der Waals surface area (Å²) in [4.78, 5) is 14.3. The number of amides is 1. The van der Waals surface area contributed by atoms with Crippen LogP contribution in [0, 0.1) is 18.3 Å². The average Bonchev–Trinajstić information content (AvgIpc) is 2.71. The van der Waals surface area contributed by atoms with Crippen molar-refractivity contribution in [3.05, 3.63) is 11.3 Å². The molecule has 1 aromatic heterocycles. The summed E-state index contributed by atoms with van der Waals surface area (Å²) in [6.45, 7) is 7.03. The van der Waals surface area contributed by atoms with E-state index in [0.717, 1.165) is 0 Å². The summed E-state index contributed by atoms with van der Waals surface area (Å²) >= 11 is 0. The Bertz CT molecular complexity index is 573. The van der Waals surface area contributed by atoms with E-state index in [1.54, 1.807) is 18.7 Å². The van der Waals surface area contributed by atoms with Crippen LogP contribution in [0.3, 0.4) is 0 Å². The van der Waals surface area contributed by atoms with E-state index in [1.165, 1.54) is 0 Å². The van der Waals surface area contributed by atoms with Gasteiger partial charge in [0, 0.05) is 19.6 Å². The second kappa shape index (κ2) is 6.14. The first kappa shape index (κ1) is 15.3. The van der Waals surface area contributed by atoms with E-state index >= 15 is 0 Å². The Kier molecular flexibility index (Phi) is 4.48. The first-order chi connectivity index (χ1) is 9.95. The number of ether oxygens (including phenoxy) is 1. The van der Waals surface area contributed by atoms with Crippen LogP contribution in [0.25, 0.3) is 0 Å². The van der Waals surface area contributed by atoms with Gasteiger partial charge in [-0.25, -0.2) is 0 Å². The predicted octanol–water partition coefficient (Wildman–Crippen LogP) is 0.330. The summed E-state index contributed by atoms with van der Waals surface area (Å²) in [5.74, 6) is 0.592. The number of aromatic nitrogens is 2. The number of anilines is 1. The minimum Gasteiger partial charge on any atom is -0.377 e. The van der Waals surface area contributed by atoms with E-state index in [-0.39, 0.29) is 11.9 Å². The minimum absolute atomic E-state index is 0.0602. The van der Waals surface area contributed by atoms with Gasteiger partial charge >= 0.3 is 0 Å². The average molecular weight is 291 g/mol. The zero-order chi connectivity index (χ0) is 15.6. The summed E-state index contributed by atoms with van der Waals surface area (Å²) in [6.07, 6.45) is 0. The Balaban J connectivity index is 2.36. The number of nitriles is 1. The number of morpholine rings is 1. The van der Waals surface area contributed by atoms with Crippen molar-refractivity contribution in [3.8, 4) is 6.07 Å². The molecule has 1 aliphatic rings. The molecule has 1 aromatic rings. The fourth-order valence-electron chi connectivity index (χ4n) is 2.56. The molecule has 2 heterocycles. The van der Waals surface area contributed by atoms with Crippen molar-refractivity contribution in [2.24, 2.45) is 7.05 Å². The zero-order valence-corrected chi connectivity index (χ0v) is 12.9. The van der Waals surface area contributed by atoms with Crippen molar-refractivity contribution in [2.75, 3.05) is 24.7 Å². The Morgan fingerprint density at radius 3 is 2.90 bits per heavy atom. The predicted molar refractivity (Wildman–Crippen MR) is 77.9 cm³/mol. The van der Waals surface area contributed by atoms with Crippen molar-refractivity contribution in [3.63, 3.8) is 0 Å². The number of aryl methyl sites for hydroxylation is 2. The number of carbonyl (C=O) groups is 1. The number of nitrogens with zero attached hydrogens (tertiary/aromatic N) is 4. The van der Waals surface area contributed by atoms with Crippen LogP contribution >= 0.6 is 0 Å². The Labute approximate surface area is 124 Å². The Morgan fingerprint density at radius 2 is 2.29 bits per heavy atom. The molecule has 0 bridgehead atoms. The molecule has 1 fully saturated rings. The number of rotatable bonds is 3. The summed E-state index contributed by atoms with van der Waals surface area (Å²) in [7, 11) is 1.79. The van der Waals surface area contributed by atoms with Gasteiger partial charge in [-0.2, -0.15) is 10.4 Å². The molecule has 7 heteroatoms. The minimum atomic E-state index is -0.442. The lowest BCUT2D eigenvalue weighted by Gasteiger charge is -2.36. The van der Waals surface area contributed by atoms with Crippen molar-refractivity contribution < 1.29 is 9.53 Å². The maximum Gasteiger partial charge on any atom is 0.245 e. The molecule has 114 valence electrons. The number of hydrogen-bond donors (Lipinski definition) is 1.